The summed E-state index contributed by atoms with van der Waals surface area (Å²) in [6.07, 6.45) is 0.356. The zero-order valence-electron chi connectivity index (χ0n) is 16.1. The summed E-state index contributed by atoms with van der Waals surface area (Å²) in [5.74, 6) is 0.758. The first kappa shape index (κ1) is 19.5. The van der Waals surface area contributed by atoms with E-state index in [-0.39, 0.29) is 6.61 Å². The molecule has 3 rings (SSSR count). The third-order valence-electron chi connectivity index (χ3n) is 4.73. The van der Waals surface area contributed by atoms with Crippen LogP contribution in [-0.2, 0) is 11.4 Å². The van der Waals surface area contributed by atoms with Crippen molar-refractivity contribution in [2.24, 2.45) is 0 Å². The van der Waals surface area contributed by atoms with E-state index in [1.165, 1.54) is 0 Å². The standard InChI is InChI=1S/C22H23NO5/c1-4-22(3,21(24)25)27-18-12-10-17(11-13-18)26-14-19-15(2)20(23-28-19)16-8-6-5-7-9-16/h5-13H,4,14H2,1-3H3,(H,24,25). The second-order valence-electron chi connectivity index (χ2n) is 6.70. The van der Waals surface area contributed by atoms with Gasteiger partial charge in [-0.2, -0.15) is 0 Å². The quantitative estimate of drug-likeness (QED) is 0.600. The third-order valence-corrected chi connectivity index (χ3v) is 4.73. The first-order valence-electron chi connectivity index (χ1n) is 9.09. The van der Waals surface area contributed by atoms with Gasteiger partial charge in [0, 0.05) is 11.1 Å². The van der Waals surface area contributed by atoms with Crippen LogP contribution in [-0.4, -0.2) is 21.8 Å². The Kier molecular flexibility index (Phi) is 5.68. The predicted molar refractivity (Wildman–Crippen MR) is 104 cm³/mol. The van der Waals surface area contributed by atoms with Gasteiger partial charge in [-0.3, -0.25) is 0 Å². The number of aromatic nitrogens is 1. The molecule has 0 aliphatic rings. The maximum absolute atomic E-state index is 11.4. The van der Waals surface area contributed by atoms with E-state index in [4.69, 9.17) is 14.0 Å². The summed E-state index contributed by atoms with van der Waals surface area (Å²) >= 11 is 0. The average Bonchev–Trinajstić information content (AvgIpc) is 3.08. The maximum atomic E-state index is 11.4. The Morgan fingerprint density at radius 2 is 1.75 bits per heavy atom. The highest BCUT2D eigenvalue weighted by atomic mass is 16.5. The minimum Gasteiger partial charge on any atom is -0.486 e. The molecule has 0 aliphatic heterocycles. The number of hydrogen-bond acceptors (Lipinski definition) is 5. The normalized spacial score (nSPS) is 13.0. The number of rotatable bonds is 8. The Bertz CT molecular complexity index is 933. The van der Waals surface area contributed by atoms with Crippen molar-refractivity contribution in [3.63, 3.8) is 0 Å². The first-order valence-corrected chi connectivity index (χ1v) is 9.09. The molecule has 0 amide bonds. The van der Waals surface area contributed by atoms with Gasteiger partial charge in [-0.1, -0.05) is 42.4 Å². The number of carbonyl (C=O) groups is 1. The van der Waals surface area contributed by atoms with Crippen LogP contribution in [0.5, 0.6) is 11.5 Å². The Balaban J connectivity index is 1.64. The lowest BCUT2D eigenvalue weighted by molar-refractivity contribution is -0.154. The van der Waals surface area contributed by atoms with Crippen molar-refractivity contribution in [2.75, 3.05) is 0 Å². The topological polar surface area (TPSA) is 81.8 Å². The van der Waals surface area contributed by atoms with Gasteiger partial charge in [0.2, 0.25) is 5.60 Å². The fourth-order valence-electron chi connectivity index (χ4n) is 2.65. The van der Waals surface area contributed by atoms with E-state index in [9.17, 15) is 9.90 Å². The lowest BCUT2D eigenvalue weighted by Gasteiger charge is -2.24. The summed E-state index contributed by atoms with van der Waals surface area (Å²) in [4.78, 5) is 11.4. The summed E-state index contributed by atoms with van der Waals surface area (Å²) in [6, 6.07) is 16.7. The smallest absolute Gasteiger partial charge is 0.347 e. The molecule has 0 bridgehead atoms. The van der Waals surface area contributed by atoms with Gasteiger partial charge in [0.1, 0.15) is 23.8 Å². The molecule has 6 nitrogen and oxygen atoms in total. The summed E-state index contributed by atoms with van der Waals surface area (Å²) in [5, 5.41) is 13.5. The molecular weight excluding hydrogens is 358 g/mol. The molecule has 1 unspecified atom stereocenters. The Labute approximate surface area is 163 Å². The minimum atomic E-state index is -1.26. The lowest BCUT2D eigenvalue weighted by Crippen LogP contribution is -2.40. The van der Waals surface area contributed by atoms with E-state index in [2.05, 4.69) is 5.16 Å². The fourth-order valence-corrected chi connectivity index (χ4v) is 2.65. The number of hydrogen-bond donors (Lipinski definition) is 1. The highest BCUT2D eigenvalue weighted by molar-refractivity contribution is 5.77. The largest absolute Gasteiger partial charge is 0.486 e. The monoisotopic (exact) mass is 381 g/mol. The molecule has 28 heavy (non-hydrogen) atoms. The SMILES string of the molecule is CCC(C)(Oc1ccc(OCc2onc(-c3ccccc3)c2C)cc1)C(=O)O. The van der Waals surface area contributed by atoms with Crippen LogP contribution in [0.15, 0.2) is 59.1 Å². The molecule has 1 aromatic heterocycles. The summed E-state index contributed by atoms with van der Waals surface area (Å²) in [5.41, 5.74) is 1.48. The molecule has 0 saturated carbocycles. The summed E-state index contributed by atoms with van der Waals surface area (Å²) in [6.45, 7) is 5.52. The predicted octanol–water partition coefficient (Wildman–Crippen LogP) is 4.86. The van der Waals surface area contributed by atoms with Crippen molar-refractivity contribution >= 4 is 5.97 Å². The van der Waals surface area contributed by atoms with Crippen molar-refractivity contribution in [3.8, 4) is 22.8 Å². The molecule has 146 valence electrons. The van der Waals surface area contributed by atoms with Crippen LogP contribution in [0.25, 0.3) is 11.3 Å². The van der Waals surface area contributed by atoms with Crippen molar-refractivity contribution in [2.45, 2.75) is 39.4 Å². The van der Waals surface area contributed by atoms with E-state index in [0.717, 1.165) is 16.8 Å². The molecule has 1 atom stereocenters. The second kappa shape index (κ2) is 8.17. The summed E-state index contributed by atoms with van der Waals surface area (Å²) < 4.78 is 16.8. The zero-order chi connectivity index (χ0) is 20.1. The molecular formula is C22H23NO5. The van der Waals surface area contributed by atoms with Crippen LogP contribution in [0.2, 0.25) is 0 Å². The molecule has 0 fully saturated rings. The van der Waals surface area contributed by atoms with Gasteiger partial charge in [0.25, 0.3) is 0 Å². The van der Waals surface area contributed by atoms with Crippen molar-refractivity contribution in [1.82, 2.24) is 5.16 Å². The number of carboxylic acids is 1. The van der Waals surface area contributed by atoms with Crippen molar-refractivity contribution in [1.29, 1.82) is 0 Å². The van der Waals surface area contributed by atoms with Crippen molar-refractivity contribution in [3.05, 3.63) is 65.9 Å². The highest BCUT2D eigenvalue weighted by Crippen LogP contribution is 2.27. The van der Waals surface area contributed by atoms with Crippen LogP contribution in [0.4, 0.5) is 0 Å². The minimum absolute atomic E-state index is 0.244. The van der Waals surface area contributed by atoms with E-state index in [0.29, 0.717) is 23.7 Å². The van der Waals surface area contributed by atoms with Crippen LogP contribution in [0, 0.1) is 6.92 Å². The Hall–Kier alpha value is -3.28. The summed E-state index contributed by atoms with van der Waals surface area (Å²) in [7, 11) is 0. The number of ether oxygens (including phenoxy) is 2. The van der Waals surface area contributed by atoms with E-state index < -0.39 is 11.6 Å². The zero-order valence-corrected chi connectivity index (χ0v) is 16.1. The average molecular weight is 381 g/mol. The number of benzene rings is 2. The first-order chi connectivity index (χ1) is 13.4. The number of nitrogens with zero attached hydrogens (tertiary/aromatic N) is 1. The van der Waals surface area contributed by atoms with Crippen LogP contribution < -0.4 is 9.47 Å². The molecule has 6 heteroatoms. The third kappa shape index (κ3) is 4.17. The molecule has 2 aromatic carbocycles. The fraction of sp³-hybridized carbons (Fsp3) is 0.273. The Morgan fingerprint density at radius 1 is 1.11 bits per heavy atom. The molecule has 1 heterocycles. The van der Waals surface area contributed by atoms with E-state index >= 15 is 0 Å². The van der Waals surface area contributed by atoms with Gasteiger partial charge >= 0.3 is 5.97 Å². The molecule has 0 saturated heterocycles. The van der Waals surface area contributed by atoms with Gasteiger partial charge in [0.15, 0.2) is 5.76 Å². The van der Waals surface area contributed by atoms with Crippen LogP contribution >= 0.6 is 0 Å². The van der Waals surface area contributed by atoms with Gasteiger partial charge in [-0.25, -0.2) is 4.79 Å². The van der Waals surface area contributed by atoms with Gasteiger partial charge in [0.05, 0.1) is 0 Å². The number of aliphatic carboxylic acids is 1. The Morgan fingerprint density at radius 3 is 2.36 bits per heavy atom. The van der Waals surface area contributed by atoms with Gasteiger partial charge in [-0.05, 0) is 44.5 Å². The lowest BCUT2D eigenvalue weighted by atomic mass is 10.0. The van der Waals surface area contributed by atoms with E-state index in [1.54, 1.807) is 38.1 Å². The van der Waals surface area contributed by atoms with Gasteiger partial charge < -0.3 is 19.1 Å². The van der Waals surface area contributed by atoms with Crippen molar-refractivity contribution < 1.29 is 23.9 Å². The van der Waals surface area contributed by atoms with E-state index in [1.807, 2.05) is 37.3 Å². The highest BCUT2D eigenvalue weighted by Gasteiger charge is 2.33. The molecule has 0 radical (unpaired) electrons. The van der Waals surface area contributed by atoms with Gasteiger partial charge in [-0.15, -0.1) is 0 Å². The molecule has 1 N–H and O–H groups in total. The second-order valence-corrected chi connectivity index (χ2v) is 6.70. The maximum Gasteiger partial charge on any atom is 0.347 e. The van der Waals surface area contributed by atoms with Crippen LogP contribution in [0.1, 0.15) is 31.6 Å². The molecule has 0 aliphatic carbocycles. The molecule has 0 spiro atoms. The van der Waals surface area contributed by atoms with Crippen LogP contribution in [0.3, 0.4) is 0 Å². The molecule has 3 aromatic rings. The number of carboxylic acid groups (broad SMARTS) is 1.